The molecule has 2 heterocycles. The number of fused-ring (bicyclic) bond motifs is 3. The average molecular weight is 516 g/mol. The lowest BCUT2D eigenvalue weighted by Gasteiger charge is -2.28. The molecule has 4 rings (SSSR count). The van der Waals surface area contributed by atoms with Crippen LogP contribution in [0.15, 0.2) is 67.0 Å². The largest absolute Gasteiger partial charge is 0.491 e. The number of hydrogen-bond donors (Lipinski definition) is 2. The molecular formula is C30H33N3O5. The van der Waals surface area contributed by atoms with E-state index < -0.39 is 11.4 Å². The van der Waals surface area contributed by atoms with Crippen molar-refractivity contribution >= 4 is 17.8 Å². The summed E-state index contributed by atoms with van der Waals surface area (Å²) in [4.78, 5) is 43.0. The number of nitrogens with one attached hydrogen (secondary N) is 1. The molecule has 2 amide bonds. The van der Waals surface area contributed by atoms with Crippen LogP contribution in [-0.2, 0) is 16.0 Å². The lowest BCUT2D eigenvalue weighted by Crippen LogP contribution is -2.42. The minimum absolute atomic E-state index is 0.0845. The van der Waals surface area contributed by atoms with Crippen molar-refractivity contribution in [1.29, 1.82) is 0 Å². The molecule has 0 fully saturated rings. The first-order valence-corrected chi connectivity index (χ1v) is 12.7. The van der Waals surface area contributed by atoms with Gasteiger partial charge in [-0.25, -0.2) is 0 Å². The Morgan fingerprint density at radius 1 is 1.00 bits per heavy atom. The fraction of sp³-hybridized carbons (Fsp3) is 0.333. The number of hydrogen-bond acceptors (Lipinski definition) is 5. The SMILES string of the molecule is CC(C)(CC(=O)O)CC(=O)N1CCNC(=O)c2cccc(c2)Cc2cc(-c3ccncc3)ccc2OCC1. The van der Waals surface area contributed by atoms with E-state index in [0.717, 1.165) is 22.3 Å². The van der Waals surface area contributed by atoms with Crippen LogP contribution in [0, 0.1) is 5.41 Å². The maximum atomic E-state index is 13.2. The summed E-state index contributed by atoms with van der Waals surface area (Å²) >= 11 is 0. The van der Waals surface area contributed by atoms with Gasteiger partial charge in [0.25, 0.3) is 5.91 Å². The van der Waals surface area contributed by atoms with Crippen LogP contribution in [-0.4, -0.2) is 59.0 Å². The van der Waals surface area contributed by atoms with Gasteiger partial charge in [0.1, 0.15) is 12.4 Å². The summed E-state index contributed by atoms with van der Waals surface area (Å²) in [6.07, 6.45) is 4.05. The van der Waals surface area contributed by atoms with Gasteiger partial charge in [0, 0.05) is 43.9 Å². The second kappa shape index (κ2) is 11.9. The molecule has 0 atom stereocenters. The normalized spacial score (nSPS) is 14.5. The van der Waals surface area contributed by atoms with Crippen molar-refractivity contribution in [3.63, 3.8) is 0 Å². The van der Waals surface area contributed by atoms with Crippen molar-refractivity contribution in [2.45, 2.75) is 33.1 Å². The first-order chi connectivity index (χ1) is 18.2. The Hall–Kier alpha value is -4.20. The fourth-order valence-electron chi connectivity index (χ4n) is 4.65. The summed E-state index contributed by atoms with van der Waals surface area (Å²) in [6.45, 7) is 4.69. The number of amides is 2. The molecule has 2 bridgehead atoms. The number of aromatic nitrogens is 1. The second-order valence-corrected chi connectivity index (χ2v) is 10.3. The van der Waals surface area contributed by atoms with E-state index in [-0.39, 0.29) is 37.8 Å². The molecular weight excluding hydrogens is 482 g/mol. The highest BCUT2D eigenvalue weighted by atomic mass is 16.5. The zero-order valence-electron chi connectivity index (χ0n) is 21.8. The van der Waals surface area contributed by atoms with E-state index in [4.69, 9.17) is 4.74 Å². The van der Waals surface area contributed by atoms with Crippen molar-refractivity contribution in [1.82, 2.24) is 15.2 Å². The van der Waals surface area contributed by atoms with Gasteiger partial charge in [-0.2, -0.15) is 0 Å². The van der Waals surface area contributed by atoms with Gasteiger partial charge in [-0.05, 0) is 64.1 Å². The van der Waals surface area contributed by atoms with Gasteiger partial charge in [0.2, 0.25) is 5.91 Å². The smallest absolute Gasteiger partial charge is 0.303 e. The monoisotopic (exact) mass is 515 g/mol. The predicted molar refractivity (Wildman–Crippen MR) is 144 cm³/mol. The number of pyridine rings is 1. The zero-order chi connectivity index (χ0) is 27.1. The van der Waals surface area contributed by atoms with Crippen LogP contribution < -0.4 is 10.1 Å². The first-order valence-electron chi connectivity index (χ1n) is 12.7. The molecule has 0 saturated carbocycles. The first kappa shape index (κ1) is 26.9. The third-order valence-corrected chi connectivity index (χ3v) is 6.56. The number of ether oxygens (including phenoxy) is 1. The van der Waals surface area contributed by atoms with Crippen molar-refractivity contribution in [3.05, 3.63) is 83.7 Å². The fourth-order valence-corrected chi connectivity index (χ4v) is 4.65. The van der Waals surface area contributed by atoms with Gasteiger partial charge in [-0.3, -0.25) is 19.4 Å². The second-order valence-electron chi connectivity index (χ2n) is 10.3. The highest BCUT2D eigenvalue weighted by molar-refractivity contribution is 5.94. The molecule has 8 heteroatoms. The summed E-state index contributed by atoms with van der Waals surface area (Å²) in [5.74, 6) is -0.598. The van der Waals surface area contributed by atoms with E-state index in [2.05, 4.69) is 16.4 Å². The quantitative estimate of drug-likeness (QED) is 0.528. The molecule has 0 spiro atoms. The molecule has 3 aromatic rings. The van der Waals surface area contributed by atoms with Crippen molar-refractivity contribution in [2.24, 2.45) is 5.41 Å². The summed E-state index contributed by atoms with van der Waals surface area (Å²) in [7, 11) is 0. The van der Waals surface area contributed by atoms with Gasteiger partial charge in [0.05, 0.1) is 13.0 Å². The number of carboxylic acid groups (broad SMARTS) is 1. The maximum absolute atomic E-state index is 13.2. The number of rotatable bonds is 5. The van der Waals surface area contributed by atoms with Crippen LogP contribution in [0.3, 0.4) is 0 Å². The van der Waals surface area contributed by atoms with Crippen LogP contribution >= 0.6 is 0 Å². The maximum Gasteiger partial charge on any atom is 0.303 e. The number of carbonyl (C=O) groups excluding carboxylic acids is 2. The summed E-state index contributed by atoms with van der Waals surface area (Å²) in [5.41, 5.74) is 3.88. The van der Waals surface area contributed by atoms with Gasteiger partial charge in [-0.1, -0.05) is 32.0 Å². The van der Waals surface area contributed by atoms with E-state index in [1.54, 1.807) is 37.2 Å². The van der Waals surface area contributed by atoms with Gasteiger partial charge < -0.3 is 20.1 Å². The van der Waals surface area contributed by atoms with Crippen LogP contribution in [0.5, 0.6) is 5.75 Å². The Bertz CT molecular complexity index is 1310. The Kier molecular flexibility index (Phi) is 8.41. The number of aliphatic carboxylic acids is 1. The van der Waals surface area contributed by atoms with Gasteiger partial charge >= 0.3 is 5.97 Å². The lowest BCUT2D eigenvalue weighted by atomic mass is 9.85. The topological polar surface area (TPSA) is 109 Å². The molecule has 1 aliphatic rings. The molecule has 2 aromatic carbocycles. The third-order valence-electron chi connectivity index (χ3n) is 6.56. The van der Waals surface area contributed by atoms with E-state index in [0.29, 0.717) is 30.8 Å². The number of nitrogens with zero attached hydrogens (tertiary/aromatic N) is 2. The summed E-state index contributed by atoms with van der Waals surface area (Å²) < 4.78 is 6.20. The molecule has 0 radical (unpaired) electrons. The summed E-state index contributed by atoms with van der Waals surface area (Å²) in [6, 6.07) is 17.4. The predicted octanol–water partition coefficient (Wildman–Crippen LogP) is 4.18. The molecule has 38 heavy (non-hydrogen) atoms. The van der Waals surface area contributed by atoms with Crippen LogP contribution in [0.1, 0.15) is 48.2 Å². The Balaban J connectivity index is 1.62. The minimum atomic E-state index is -0.940. The van der Waals surface area contributed by atoms with Crippen LogP contribution in [0.25, 0.3) is 11.1 Å². The Labute approximate surface area is 222 Å². The third kappa shape index (κ3) is 7.18. The molecule has 2 N–H and O–H groups in total. The molecule has 0 saturated heterocycles. The number of carbonyl (C=O) groups is 3. The van der Waals surface area contributed by atoms with Crippen molar-refractivity contribution < 1.29 is 24.2 Å². The molecule has 198 valence electrons. The lowest BCUT2D eigenvalue weighted by molar-refractivity contribution is -0.140. The average Bonchev–Trinajstić information content (AvgIpc) is 2.87. The van der Waals surface area contributed by atoms with E-state index >= 15 is 0 Å². The van der Waals surface area contributed by atoms with Crippen LogP contribution in [0.4, 0.5) is 0 Å². The van der Waals surface area contributed by atoms with Crippen molar-refractivity contribution in [2.75, 3.05) is 26.2 Å². The molecule has 0 aliphatic carbocycles. The number of benzene rings is 2. The number of carboxylic acids is 1. The molecule has 0 unspecified atom stereocenters. The molecule has 1 aliphatic heterocycles. The molecule has 1 aromatic heterocycles. The molecule has 8 nitrogen and oxygen atoms in total. The highest BCUT2D eigenvalue weighted by Crippen LogP contribution is 2.29. The van der Waals surface area contributed by atoms with Crippen LogP contribution in [0.2, 0.25) is 0 Å². The Morgan fingerprint density at radius 2 is 1.79 bits per heavy atom. The van der Waals surface area contributed by atoms with Gasteiger partial charge in [-0.15, -0.1) is 0 Å². The van der Waals surface area contributed by atoms with Gasteiger partial charge in [0.15, 0.2) is 0 Å². The van der Waals surface area contributed by atoms with Crippen molar-refractivity contribution in [3.8, 4) is 16.9 Å². The standard InChI is InChI=1S/C30H33N3O5/c1-30(2,20-28(35)36)19-27(34)33-13-12-32-29(37)24-5-3-4-21(16-24)17-25-18-23(22-8-10-31-11-9-22)6-7-26(25)38-15-14-33/h3-11,16,18H,12-15,17,19-20H2,1-2H3,(H,32,37)(H,35,36). The van der Waals surface area contributed by atoms with E-state index in [1.807, 2.05) is 42.5 Å². The zero-order valence-corrected chi connectivity index (χ0v) is 21.8. The summed E-state index contributed by atoms with van der Waals surface area (Å²) in [5, 5.41) is 12.1. The Morgan fingerprint density at radius 3 is 2.55 bits per heavy atom. The van der Waals surface area contributed by atoms with E-state index in [1.165, 1.54) is 0 Å². The minimum Gasteiger partial charge on any atom is -0.491 e. The van der Waals surface area contributed by atoms with E-state index in [9.17, 15) is 19.5 Å². The highest BCUT2D eigenvalue weighted by Gasteiger charge is 2.28.